The lowest BCUT2D eigenvalue weighted by Crippen LogP contribution is -2.20. The fourth-order valence-corrected chi connectivity index (χ4v) is 1.47. The molecule has 0 heterocycles. The first-order chi connectivity index (χ1) is 7.13. The smallest absolute Gasteiger partial charge is 0.201 e. The second-order valence-electron chi connectivity index (χ2n) is 4.26. The van der Waals surface area contributed by atoms with Crippen LogP contribution in [0.5, 0.6) is 0 Å². The van der Waals surface area contributed by atoms with Crippen LogP contribution in [0.2, 0.25) is 0 Å². The van der Waals surface area contributed by atoms with Gasteiger partial charge in [0.25, 0.3) is 0 Å². The molecule has 0 aromatic rings. The highest BCUT2D eigenvalue weighted by Crippen LogP contribution is 2.09. The van der Waals surface area contributed by atoms with Crippen LogP contribution in [0.1, 0.15) is 65.7 Å². The van der Waals surface area contributed by atoms with E-state index >= 15 is 0 Å². The van der Waals surface area contributed by atoms with E-state index in [9.17, 15) is 9.59 Å². The third-order valence-electron chi connectivity index (χ3n) is 2.84. The summed E-state index contributed by atoms with van der Waals surface area (Å²) in [6, 6.07) is 0. The summed E-state index contributed by atoms with van der Waals surface area (Å²) >= 11 is 0. The average molecular weight is 212 g/mol. The van der Waals surface area contributed by atoms with Crippen LogP contribution in [0, 0.1) is 5.92 Å². The van der Waals surface area contributed by atoms with Gasteiger partial charge in [-0.05, 0) is 12.8 Å². The normalized spacial score (nSPS) is 12.5. The number of carbonyl (C=O) groups excluding carboxylic acids is 2. The molecule has 1 unspecified atom stereocenters. The molecule has 0 radical (unpaired) electrons. The Balaban J connectivity index is 3.61. The molecule has 0 bridgehead atoms. The van der Waals surface area contributed by atoms with E-state index in [1.807, 2.05) is 13.8 Å². The van der Waals surface area contributed by atoms with Crippen molar-refractivity contribution in [2.45, 2.75) is 65.7 Å². The molecule has 0 spiro atoms. The number of unbranched alkanes of at least 4 members (excludes halogenated alkanes) is 4. The highest BCUT2D eigenvalue weighted by Gasteiger charge is 2.18. The number of hydrogen-bond acceptors (Lipinski definition) is 2. The van der Waals surface area contributed by atoms with Crippen LogP contribution in [0.4, 0.5) is 0 Å². The summed E-state index contributed by atoms with van der Waals surface area (Å²) in [5.74, 6) is -0.429. The largest absolute Gasteiger partial charge is 0.291 e. The lowest BCUT2D eigenvalue weighted by Gasteiger charge is -2.05. The standard InChI is InChI=1S/C13H24O2/c1-4-6-7-8-9-10-12(14)13(15)11(3)5-2/h11H,4-10H2,1-3H3. The molecule has 2 nitrogen and oxygen atoms in total. The second-order valence-corrected chi connectivity index (χ2v) is 4.26. The van der Waals surface area contributed by atoms with Crippen molar-refractivity contribution in [3.05, 3.63) is 0 Å². The molecule has 0 amide bonds. The summed E-state index contributed by atoms with van der Waals surface area (Å²) in [7, 11) is 0. The van der Waals surface area contributed by atoms with Crippen LogP contribution in [-0.2, 0) is 9.59 Å². The first kappa shape index (κ1) is 14.3. The molecular formula is C13H24O2. The van der Waals surface area contributed by atoms with Gasteiger partial charge in [-0.2, -0.15) is 0 Å². The van der Waals surface area contributed by atoms with Gasteiger partial charge in [-0.1, -0.05) is 46.5 Å². The maximum absolute atomic E-state index is 11.4. The van der Waals surface area contributed by atoms with Crippen molar-refractivity contribution in [2.24, 2.45) is 5.92 Å². The predicted molar refractivity (Wildman–Crippen MR) is 62.8 cm³/mol. The van der Waals surface area contributed by atoms with Crippen LogP contribution in [0.25, 0.3) is 0 Å². The minimum atomic E-state index is -0.173. The maximum atomic E-state index is 11.4. The van der Waals surface area contributed by atoms with Gasteiger partial charge in [0.05, 0.1) is 0 Å². The third kappa shape index (κ3) is 6.43. The highest BCUT2D eigenvalue weighted by atomic mass is 16.2. The number of rotatable bonds is 9. The molecule has 0 saturated carbocycles. The van der Waals surface area contributed by atoms with Gasteiger partial charge in [0.2, 0.25) is 5.78 Å². The minimum absolute atomic E-state index is 0.0897. The number of Topliss-reactive ketones (excluding diaryl/α,β-unsaturated/α-hetero) is 2. The van der Waals surface area contributed by atoms with Crippen molar-refractivity contribution in [1.82, 2.24) is 0 Å². The van der Waals surface area contributed by atoms with E-state index in [-0.39, 0.29) is 17.5 Å². The summed E-state index contributed by atoms with van der Waals surface area (Å²) in [5.41, 5.74) is 0. The van der Waals surface area contributed by atoms with E-state index in [2.05, 4.69) is 6.92 Å². The van der Waals surface area contributed by atoms with E-state index in [1.165, 1.54) is 19.3 Å². The van der Waals surface area contributed by atoms with E-state index in [4.69, 9.17) is 0 Å². The number of ketones is 2. The monoisotopic (exact) mass is 212 g/mol. The summed E-state index contributed by atoms with van der Waals surface area (Å²) < 4.78 is 0. The molecule has 1 atom stereocenters. The molecule has 0 aromatic carbocycles. The summed E-state index contributed by atoms with van der Waals surface area (Å²) in [6.45, 7) is 5.94. The average Bonchev–Trinajstić information content (AvgIpc) is 2.26. The van der Waals surface area contributed by atoms with E-state index in [0.717, 1.165) is 19.3 Å². The van der Waals surface area contributed by atoms with Crippen molar-refractivity contribution in [2.75, 3.05) is 0 Å². The minimum Gasteiger partial charge on any atom is -0.291 e. The Morgan fingerprint density at radius 3 is 2.13 bits per heavy atom. The van der Waals surface area contributed by atoms with Gasteiger partial charge >= 0.3 is 0 Å². The van der Waals surface area contributed by atoms with Crippen LogP contribution >= 0.6 is 0 Å². The maximum Gasteiger partial charge on any atom is 0.201 e. The Morgan fingerprint density at radius 1 is 1.00 bits per heavy atom. The molecule has 0 aliphatic rings. The van der Waals surface area contributed by atoms with Crippen LogP contribution in [0.3, 0.4) is 0 Å². The van der Waals surface area contributed by atoms with E-state index in [0.29, 0.717) is 6.42 Å². The third-order valence-corrected chi connectivity index (χ3v) is 2.84. The molecule has 0 aromatic heterocycles. The first-order valence-corrected chi connectivity index (χ1v) is 6.20. The Labute approximate surface area is 93.4 Å². The molecule has 88 valence electrons. The molecule has 0 saturated heterocycles. The molecule has 2 heteroatoms. The van der Waals surface area contributed by atoms with Gasteiger partial charge in [-0.15, -0.1) is 0 Å². The molecule has 0 aliphatic heterocycles. The van der Waals surface area contributed by atoms with Crippen molar-refractivity contribution >= 4 is 11.6 Å². The Bertz CT molecular complexity index is 197. The van der Waals surface area contributed by atoms with Crippen molar-refractivity contribution < 1.29 is 9.59 Å². The Hall–Kier alpha value is -0.660. The number of hydrogen-bond donors (Lipinski definition) is 0. The van der Waals surface area contributed by atoms with Gasteiger partial charge in [-0.3, -0.25) is 9.59 Å². The van der Waals surface area contributed by atoms with Gasteiger partial charge < -0.3 is 0 Å². The van der Waals surface area contributed by atoms with Crippen molar-refractivity contribution in [1.29, 1.82) is 0 Å². The summed E-state index contributed by atoms with van der Waals surface area (Å²) in [5, 5.41) is 0. The zero-order valence-corrected chi connectivity index (χ0v) is 10.3. The van der Waals surface area contributed by atoms with Gasteiger partial charge in [0.15, 0.2) is 5.78 Å². The van der Waals surface area contributed by atoms with Crippen LogP contribution in [0.15, 0.2) is 0 Å². The topological polar surface area (TPSA) is 34.1 Å². The van der Waals surface area contributed by atoms with E-state index in [1.54, 1.807) is 0 Å². The quantitative estimate of drug-likeness (QED) is 0.433. The van der Waals surface area contributed by atoms with Gasteiger partial charge in [-0.25, -0.2) is 0 Å². The van der Waals surface area contributed by atoms with Crippen LogP contribution < -0.4 is 0 Å². The highest BCUT2D eigenvalue weighted by molar-refractivity contribution is 6.37. The zero-order chi connectivity index (χ0) is 11.7. The Kier molecular flexibility index (Phi) is 8.25. The zero-order valence-electron chi connectivity index (χ0n) is 10.3. The van der Waals surface area contributed by atoms with Crippen molar-refractivity contribution in [3.8, 4) is 0 Å². The molecule has 0 N–H and O–H groups in total. The Morgan fingerprint density at radius 2 is 1.60 bits per heavy atom. The van der Waals surface area contributed by atoms with Gasteiger partial charge in [0.1, 0.15) is 0 Å². The number of carbonyl (C=O) groups is 2. The second kappa shape index (κ2) is 8.63. The molecule has 0 fully saturated rings. The molecule has 15 heavy (non-hydrogen) atoms. The lowest BCUT2D eigenvalue weighted by atomic mass is 9.97. The fraction of sp³-hybridized carbons (Fsp3) is 0.846. The van der Waals surface area contributed by atoms with Gasteiger partial charge in [0, 0.05) is 12.3 Å². The summed E-state index contributed by atoms with van der Waals surface area (Å²) in [6.07, 6.45) is 6.79. The van der Waals surface area contributed by atoms with Crippen LogP contribution in [-0.4, -0.2) is 11.6 Å². The lowest BCUT2D eigenvalue weighted by molar-refractivity contribution is -0.138. The fourth-order valence-electron chi connectivity index (χ4n) is 1.47. The first-order valence-electron chi connectivity index (χ1n) is 6.20. The molecular weight excluding hydrogens is 188 g/mol. The SMILES string of the molecule is CCCCCCCC(=O)C(=O)C(C)CC. The molecule has 0 aliphatic carbocycles. The summed E-state index contributed by atoms with van der Waals surface area (Å²) in [4.78, 5) is 22.9. The van der Waals surface area contributed by atoms with E-state index < -0.39 is 0 Å². The van der Waals surface area contributed by atoms with Crippen molar-refractivity contribution in [3.63, 3.8) is 0 Å². The predicted octanol–water partition coefficient (Wildman–Crippen LogP) is 3.53. The molecule has 0 rings (SSSR count).